The standard InChI is InChI=1S/C16H23N3O/c1-3-10-17-16(20)13-8-9-15(18-12-13)19-11-6-5-7-14(19)4-2/h3,8-9,12,14H,1,4-7,10-11H2,2H3,(H,17,20). The lowest BCUT2D eigenvalue weighted by Crippen LogP contribution is -2.39. The van der Waals surface area contributed by atoms with Crippen LogP contribution in [0.2, 0.25) is 0 Å². The summed E-state index contributed by atoms with van der Waals surface area (Å²) < 4.78 is 0. The molecule has 4 nitrogen and oxygen atoms in total. The number of nitrogens with one attached hydrogen (secondary N) is 1. The van der Waals surface area contributed by atoms with Crippen molar-refractivity contribution in [3.05, 3.63) is 36.5 Å². The number of piperidine rings is 1. The Morgan fingerprint density at radius 3 is 3.05 bits per heavy atom. The van der Waals surface area contributed by atoms with Gasteiger partial charge in [-0.05, 0) is 37.8 Å². The van der Waals surface area contributed by atoms with Crippen LogP contribution in [0.3, 0.4) is 0 Å². The molecule has 0 aromatic carbocycles. The Bertz CT molecular complexity index is 455. The molecule has 1 atom stereocenters. The van der Waals surface area contributed by atoms with E-state index in [-0.39, 0.29) is 5.91 Å². The van der Waals surface area contributed by atoms with Gasteiger partial charge < -0.3 is 10.2 Å². The molecule has 1 N–H and O–H groups in total. The van der Waals surface area contributed by atoms with Crippen LogP contribution in [-0.4, -0.2) is 30.0 Å². The van der Waals surface area contributed by atoms with Crippen molar-refractivity contribution >= 4 is 11.7 Å². The number of carbonyl (C=O) groups excluding carboxylic acids is 1. The summed E-state index contributed by atoms with van der Waals surface area (Å²) in [5.74, 6) is 0.881. The SMILES string of the molecule is C=CCNC(=O)c1ccc(N2CCCCC2CC)nc1. The van der Waals surface area contributed by atoms with Crippen molar-refractivity contribution in [3.8, 4) is 0 Å². The molecule has 0 spiro atoms. The second-order valence-electron chi connectivity index (χ2n) is 5.16. The van der Waals surface area contributed by atoms with Gasteiger partial charge in [-0.3, -0.25) is 4.79 Å². The molecular formula is C16H23N3O. The maximum Gasteiger partial charge on any atom is 0.253 e. The second-order valence-corrected chi connectivity index (χ2v) is 5.16. The number of anilines is 1. The number of rotatable bonds is 5. The molecule has 1 aliphatic rings. The van der Waals surface area contributed by atoms with Gasteiger partial charge in [-0.1, -0.05) is 13.0 Å². The summed E-state index contributed by atoms with van der Waals surface area (Å²) in [4.78, 5) is 18.6. The summed E-state index contributed by atoms with van der Waals surface area (Å²) >= 11 is 0. The Hall–Kier alpha value is -1.84. The molecule has 0 radical (unpaired) electrons. The van der Waals surface area contributed by atoms with Crippen LogP contribution in [0.15, 0.2) is 31.0 Å². The first-order chi connectivity index (χ1) is 9.76. The maximum atomic E-state index is 11.8. The predicted molar refractivity (Wildman–Crippen MR) is 82.0 cm³/mol. The molecule has 1 aromatic heterocycles. The van der Waals surface area contributed by atoms with E-state index in [9.17, 15) is 4.79 Å². The molecule has 20 heavy (non-hydrogen) atoms. The first-order valence-electron chi connectivity index (χ1n) is 7.38. The van der Waals surface area contributed by atoms with E-state index in [1.807, 2.05) is 12.1 Å². The molecule has 1 aromatic rings. The lowest BCUT2D eigenvalue weighted by Gasteiger charge is -2.36. The zero-order chi connectivity index (χ0) is 14.4. The summed E-state index contributed by atoms with van der Waals surface area (Å²) in [7, 11) is 0. The molecule has 4 heteroatoms. The average molecular weight is 273 g/mol. The van der Waals surface area contributed by atoms with E-state index in [1.165, 1.54) is 19.3 Å². The minimum absolute atomic E-state index is 0.102. The quantitative estimate of drug-likeness (QED) is 0.839. The van der Waals surface area contributed by atoms with E-state index in [0.717, 1.165) is 18.8 Å². The molecule has 108 valence electrons. The Kier molecular flexibility index (Phi) is 5.16. The first-order valence-corrected chi connectivity index (χ1v) is 7.38. The molecule has 0 aliphatic carbocycles. The monoisotopic (exact) mass is 273 g/mol. The number of nitrogens with zero attached hydrogens (tertiary/aromatic N) is 2. The van der Waals surface area contributed by atoms with Gasteiger partial charge in [-0.15, -0.1) is 6.58 Å². The smallest absolute Gasteiger partial charge is 0.253 e. The molecule has 0 saturated carbocycles. The van der Waals surface area contributed by atoms with Gasteiger partial charge in [-0.2, -0.15) is 0 Å². The van der Waals surface area contributed by atoms with Crippen LogP contribution in [0.5, 0.6) is 0 Å². The summed E-state index contributed by atoms with van der Waals surface area (Å²) in [5.41, 5.74) is 0.598. The summed E-state index contributed by atoms with van der Waals surface area (Å²) in [6.45, 7) is 7.34. The predicted octanol–water partition coefficient (Wildman–Crippen LogP) is 2.77. The largest absolute Gasteiger partial charge is 0.354 e. The molecule has 1 unspecified atom stereocenters. The maximum absolute atomic E-state index is 11.8. The molecule has 1 amide bonds. The fourth-order valence-corrected chi connectivity index (χ4v) is 2.68. The number of amides is 1. The van der Waals surface area contributed by atoms with E-state index in [1.54, 1.807) is 12.3 Å². The topological polar surface area (TPSA) is 45.2 Å². The Balaban J connectivity index is 2.07. The Morgan fingerprint density at radius 2 is 2.40 bits per heavy atom. The lowest BCUT2D eigenvalue weighted by molar-refractivity contribution is 0.0957. The molecule has 1 fully saturated rings. The molecule has 2 rings (SSSR count). The highest BCUT2D eigenvalue weighted by molar-refractivity contribution is 5.94. The van der Waals surface area contributed by atoms with Crippen molar-refractivity contribution in [2.24, 2.45) is 0 Å². The lowest BCUT2D eigenvalue weighted by atomic mass is 10.00. The molecule has 2 heterocycles. The molecule has 1 aliphatic heterocycles. The van der Waals surface area contributed by atoms with Crippen LogP contribution in [0.25, 0.3) is 0 Å². The number of carbonyl (C=O) groups is 1. The summed E-state index contributed by atoms with van der Waals surface area (Å²) in [6.07, 6.45) is 8.23. The van der Waals surface area contributed by atoms with Gasteiger partial charge in [0, 0.05) is 25.3 Å². The van der Waals surface area contributed by atoms with Gasteiger partial charge in [-0.25, -0.2) is 4.98 Å². The van der Waals surface area contributed by atoms with E-state index >= 15 is 0 Å². The zero-order valence-corrected chi connectivity index (χ0v) is 12.1. The van der Waals surface area contributed by atoms with Gasteiger partial charge in [0.05, 0.1) is 5.56 Å². The van der Waals surface area contributed by atoms with Gasteiger partial charge in [0.2, 0.25) is 0 Å². The van der Waals surface area contributed by atoms with Gasteiger partial charge in [0.25, 0.3) is 5.91 Å². The zero-order valence-electron chi connectivity index (χ0n) is 12.1. The normalized spacial score (nSPS) is 18.6. The molecule has 1 saturated heterocycles. The molecule has 0 bridgehead atoms. The second kappa shape index (κ2) is 7.08. The minimum Gasteiger partial charge on any atom is -0.354 e. The fraction of sp³-hybridized carbons (Fsp3) is 0.500. The highest BCUT2D eigenvalue weighted by atomic mass is 16.1. The van der Waals surface area contributed by atoms with E-state index < -0.39 is 0 Å². The fourth-order valence-electron chi connectivity index (χ4n) is 2.68. The number of aromatic nitrogens is 1. The van der Waals surface area contributed by atoms with Crippen molar-refractivity contribution in [1.82, 2.24) is 10.3 Å². The van der Waals surface area contributed by atoms with Gasteiger partial charge >= 0.3 is 0 Å². The third kappa shape index (κ3) is 3.38. The number of hydrogen-bond donors (Lipinski definition) is 1. The van der Waals surface area contributed by atoms with Gasteiger partial charge in [0.15, 0.2) is 0 Å². The number of pyridine rings is 1. The van der Waals surface area contributed by atoms with Crippen molar-refractivity contribution in [2.45, 2.75) is 38.6 Å². The molecular weight excluding hydrogens is 250 g/mol. The van der Waals surface area contributed by atoms with Gasteiger partial charge in [0.1, 0.15) is 5.82 Å². The van der Waals surface area contributed by atoms with Crippen molar-refractivity contribution in [3.63, 3.8) is 0 Å². The van der Waals surface area contributed by atoms with Crippen LogP contribution in [0.1, 0.15) is 43.0 Å². The average Bonchev–Trinajstić information content (AvgIpc) is 2.52. The van der Waals surface area contributed by atoms with E-state index in [2.05, 4.69) is 28.7 Å². The third-order valence-electron chi connectivity index (χ3n) is 3.81. The van der Waals surface area contributed by atoms with Crippen LogP contribution in [-0.2, 0) is 0 Å². The van der Waals surface area contributed by atoms with Crippen molar-refractivity contribution in [2.75, 3.05) is 18.0 Å². The Labute approximate surface area is 120 Å². The van der Waals surface area contributed by atoms with Crippen LogP contribution < -0.4 is 10.2 Å². The first kappa shape index (κ1) is 14.6. The van der Waals surface area contributed by atoms with E-state index in [4.69, 9.17) is 0 Å². The van der Waals surface area contributed by atoms with Crippen molar-refractivity contribution < 1.29 is 4.79 Å². The minimum atomic E-state index is -0.102. The van der Waals surface area contributed by atoms with Crippen LogP contribution >= 0.6 is 0 Å². The number of hydrogen-bond acceptors (Lipinski definition) is 3. The van der Waals surface area contributed by atoms with Crippen molar-refractivity contribution in [1.29, 1.82) is 0 Å². The third-order valence-corrected chi connectivity index (χ3v) is 3.81. The summed E-state index contributed by atoms with van der Waals surface area (Å²) in [6, 6.07) is 4.38. The summed E-state index contributed by atoms with van der Waals surface area (Å²) in [5, 5.41) is 2.76. The van der Waals surface area contributed by atoms with E-state index in [0.29, 0.717) is 18.2 Å². The van der Waals surface area contributed by atoms with Crippen LogP contribution in [0, 0.1) is 0 Å². The Morgan fingerprint density at radius 1 is 1.55 bits per heavy atom. The van der Waals surface area contributed by atoms with Crippen LogP contribution in [0.4, 0.5) is 5.82 Å². The highest BCUT2D eigenvalue weighted by Gasteiger charge is 2.21. The highest BCUT2D eigenvalue weighted by Crippen LogP contribution is 2.24.